The molecule has 26 heteroatoms. The van der Waals surface area contributed by atoms with Gasteiger partial charge in [-0.05, 0) is 54.6 Å². The van der Waals surface area contributed by atoms with Crippen molar-refractivity contribution in [3.05, 3.63) is 99.1 Å². The van der Waals surface area contributed by atoms with Crippen molar-refractivity contribution >= 4 is 18.4 Å². The molecule has 0 heterocycles. The zero-order chi connectivity index (χ0) is 38.9. The summed E-state index contributed by atoms with van der Waals surface area (Å²) in [5.41, 5.74) is -0.511. The fraction of sp³-hybridized carbons (Fsp3) is 0.250. The molecule has 1 atom stereocenters. The minimum Gasteiger partial charge on any atom is 0 e. The Morgan fingerprint density at radius 1 is 0.537 bits per heavy atom. The number of rotatable bonds is 11. The third-order valence-electron chi connectivity index (χ3n) is 5.58. The van der Waals surface area contributed by atoms with E-state index in [-0.39, 0.29) is 181 Å². The van der Waals surface area contributed by atoms with Gasteiger partial charge in [0.05, 0.1) is 11.1 Å². The van der Waals surface area contributed by atoms with E-state index in [4.69, 9.17) is 68.4 Å². The van der Waals surface area contributed by atoms with Crippen molar-refractivity contribution in [3.8, 4) is 5.75 Å². The molecule has 0 aliphatic rings. The number of carbonyl (C=O) groups excluding carboxylic acids is 1. The summed E-state index contributed by atoms with van der Waals surface area (Å²) in [6.07, 6.45) is -10.4. The van der Waals surface area contributed by atoms with E-state index < -0.39 is 76.3 Å². The molecular formula is C28H33O21U5. The van der Waals surface area contributed by atoms with Crippen molar-refractivity contribution in [2.24, 2.45) is 0 Å². The number of benzene rings is 3. The van der Waals surface area contributed by atoms with Crippen LogP contribution in [0, 0.1) is 151 Å². The molecule has 1 unspecified atom stereocenters. The molecule has 3 aromatic carbocycles. The van der Waals surface area contributed by atoms with Gasteiger partial charge < -0.3 is 75.9 Å². The van der Waals surface area contributed by atoms with E-state index >= 15 is 0 Å². The second-order valence-electron chi connectivity index (χ2n) is 9.16. The summed E-state index contributed by atoms with van der Waals surface area (Å²) in [5, 5.41) is 116. The third-order valence-corrected chi connectivity index (χ3v) is 5.58. The molecule has 0 fully saturated rings. The summed E-state index contributed by atoms with van der Waals surface area (Å²) in [6, 6.07) is 10.3. The van der Waals surface area contributed by atoms with Gasteiger partial charge in [0.25, 0.3) is 6.47 Å². The molecule has 54 heavy (non-hydrogen) atoms. The number of hydrogen-bond acceptors (Lipinski definition) is 18. The predicted octanol–water partition coefficient (Wildman–Crippen LogP) is -2.25. The van der Waals surface area contributed by atoms with Crippen molar-refractivity contribution < 1.29 is 248 Å². The molecule has 0 aromatic heterocycles. The first-order valence-corrected chi connectivity index (χ1v) is 18.3. The van der Waals surface area contributed by atoms with Crippen LogP contribution in [0.1, 0.15) is 91.8 Å². The molecule has 0 aliphatic carbocycles. The van der Waals surface area contributed by atoms with Crippen LogP contribution in [0.15, 0.2) is 54.6 Å². The minimum absolute atomic E-state index is 0. The minimum atomic E-state index is -4.23. The molecule has 14 N–H and O–H groups in total. The largest absolute Gasteiger partial charge is 0 e. The Kier molecular flexibility index (Phi) is 39.2. The summed E-state index contributed by atoms with van der Waals surface area (Å²) in [5.74, 6) is -2.52. The number of methoxy groups -OCH3 is 1. The quantitative estimate of drug-likeness (QED) is 0.0712. The molecule has 0 aliphatic heterocycles. The van der Waals surface area contributed by atoms with Gasteiger partial charge in [-0.1, -0.05) is 0 Å². The first-order chi connectivity index (χ1) is 23.1. The molecule has 0 radical (unpaired) electrons. The maximum absolute atomic E-state index is 10.8. The van der Waals surface area contributed by atoms with E-state index in [1.54, 1.807) is 0 Å². The Morgan fingerprint density at radius 3 is 1.00 bits per heavy atom. The molecule has 0 saturated heterocycles. The van der Waals surface area contributed by atoms with Gasteiger partial charge in [-0.25, -0.2) is 9.59 Å². The number of carbonyl (C=O) groups is 3. The van der Waals surface area contributed by atoms with Gasteiger partial charge in [-0.2, -0.15) is 0 Å². The van der Waals surface area contributed by atoms with Gasteiger partial charge in [0.2, 0.25) is 0 Å². The van der Waals surface area contributed by atoms with Crippen molar-refractivity contribution in [1.29, 1.82) is 0 Å². The van der Waals surface area contributed by atoms with Crippen LogP contribution in [0.4, 0.5) is 0 Å². The van der Waals surface area contributed by atoms with E-state index in [2.05, 4.69) is 9.47 Å². The number of ether oxygens (including phenoxy) is 2. The summed E-state index contributed by atoms with van der Waals surface area (Å²) in [7, 11) is 1.24. The zero-order valence-electron chi connectivity index (χ0n) is 27.4. The van der Waals surface area contributed by atoms with E-state index in [1.165, 1.54) is 37.4 Å². The molecule has 3 aromatic rings. The molecule has 0 bridgehead atoms. The van der Waals surface area contributed by atoms with Gasteiger partial charge in [0, 0.05) is 165 Å². The average Bonchev–Trinajstić information content (AvgIpc) is 3.04. The predicted molar refractivity (Wildman–Crippen MR) is 151 cm³/mol. The Bertz CT molecular complexity index is 1570. The molecular weight excluding hydrogens is 1860 g/mol. The number of hydrogen-bond donors (Lipinski definition) is 14. The fourth-order valence-electron chi connectivity index (χ4n) is 3.39. The van der Waals surface area contributed by atoms with Crippen LogP contribution in [0.2, 0.25) is 0 Å². The summed E-state index contributed by atoms with van der Waals surface area (Å²) < 4.78 is 33.7. The standard InChI is InChI=1S/C10H12O6.2C9H10O6.H2O.2O.5U/c1-16-10(15)7-3-5(8(11)12)2-6(4-7)9(13)14;10-4-15-7-2-5(8(11)12)1-6(3-7)9(13)14;10-7(11)4-1-5(8(12)13)3-6(2-4)9(14)15;;;;;;;;/h2-4,8,10-12,15H,1H3,(H,13,14);1-4,8-9,11-14H;1-3,7-8,10-13H,(H,14,15);1H2;;;;;;;/q;;;;;;;;;;+1/p-1. The van der Waals surface area contributed by atoms with Gasteiger partial charge in [0.1, 0.15) is 5.75 Å². The first kappa shape index (κ1) is 63.6. The summed E-state index contributed by atoms with van der Waals surface area (Å²) >= 11 is -4.23. The van der Waals surface area contributed by atoms with Gasteiger partial charge in [-0.3, -0.25) is 4.79 Å². The van der Waals surface area contributed by atoms with Crippen LogP contribution >= 0.6 is 0 Å². The Balaban J connectivity index is -0.000000204. The van der Waals surface area contributed by atoms with Crippen LogP contribution in [0.3, 0.4) is 0 Å². The number of carboxylic acid groups (broad SMARTS) is 2. The van der Waals surface area contributed by atoms with Gasteiger partial charge in [0.15, 0.2) is 37.7 Å². The van der Waals surface area contributed by atoms with Gasteiger partial charge >= 0.3 is 45.6 Å². The van der Waals surface area contributed by atoms with Crippen LogP contribution in [0.25, 0.3) is 0 Å². The topological polar surface area (TPSA) is 387 Å². The number of carboxylic acids is 2. The first-order valence-electron chi connectivity index (χ1n) is 13.1. The second kappa shape index (κ2) is 33.3. The van der Waals surface area contributed by atoms with E-state index in [9.17, 15) is 19.5 Å². The van der Waals surface area contributed by atoms with E-state index in [0.717, 1.165) is 24.3 Å². The molecule has 0 spiro atoms. The van der Waals surface area contributed by atoms with E-state index in [1.807, 2.05) is 0 Å². The Labute approximate surface area is 410 Å². The Morgan fingerprint density at radius 2 is 0.778 bits per heavy atom. The fourth-order valence-corrected chi connectivity index (χ4v) is 3.39. The monoisotopic (exact) mass is 1900 g/mol. The van der Waals surface area contributed by atoms with E-state index in [0.29, 0.717) is 0 Å². The van der Waals surface area contributed by atoms with Crippen molar-refractivity contribution in [1.82, 2.24) is 0 Å². The third kappa shape index (κ3) is 25.7. The Hall–Kier alpha value is 0.410. The zero-order valence-corrected chi connectivity index (χ0v) is 48.2. The van der Waals surface area contributed by atoms with Crippen molar-refractivity contribution in [2.75, 3.05) is 7.11 Å². The maximum atomic E-state index is 10.8. The van der Waals surface area contributed by atoms with Crippen LogP contribution in [-0.4, -0.2) is 94.5 Å². The maximum Gasteiger partial charge on any atom is 0 e. The second-order valence-corrected chi connectivity index (χ2v) is 11.4. The molecule has 21 nitrogen and oxygen atoms in total. The van der Waals surface area contributed by atoms with Crippen molar-refractivity contribution in [2.45, 2.75) is 37.7 Å². The average molecular weight is 1900 g/mol. The number of aliphatic hydroxyl groups excluding tert-OH is 6. The number of aliphatic hydroxyl groups is 11. The summed E-state index contributed by atoms with van der Waals surface area (Å²) in [6.45, 7) is 0.149. The normalized spacial score (nSPS) is 10.3. The summed E-state index contributed by atoms with van der Waals surface area (Å²) in [4.78, 5) is 31.4. The number of aromatic carboxylic acids is 2. The van der Waals surface area contributed by atoms with Gasteiger partial charge in [-0.15, -0.1) is 0 Å². The smallest absolute Gasteiger partial charge is 0 e. The van der Waals surface area contributed by atoms with Crippen LogP contribution < -0.4 is 4.74 Å². The molecule has 0 amide bonds. The molecule has 291 valence electrons. The van der Waals surface area contributed by atoms with Crippen molar-refractivity contribution in [3.63, 3.8) is 0 Å². The van der Waals surface area contributed by atoms with Crippen LogP contribution in [-0.2, 0) is 14.0 Å². The van der Waals surface area contributed by atoms with Crippen LogP contribution in [0.5, 0.6) is 5.75 Å². The molecule has 3 rings (SSSR count). The SMILES string of the molecule is COC(O)c1cc(C(=O)O)cc(C(O)O)c1.O=C(O)c1cc(C(O)O)cc(C(O)O)c1.O=COc1cc(C(O)O)cc(C(O)O)c1.[O]=[U](=[O])[OH].[U].[U].[U].[U]. The molecule has 0 saturated carbocycles.